The number of nitrogens with zero attached hydrogens (tertiary/aromatic N) is 4. The number of amides is 1. The fourth-order valence-electron chi connectivity index (χ4n) is 4.40. The van der Waals surface area contributed by atoms with Crippen molar-refractivity contribution >= 4 is 5.91 Å². The van der Waals surface area contributed by atoms with E-state index in [2.05, 4.69) is 48.1 Å². The second-order valence-corrected chi connectivity index (χ2v) is 8.92. The van der Waals surface area contributed by atoms with E-state index in [1.165, 1.54) is 16.8 Å². The highest BCUT2D eigenvalue weighted by atomic mass is 16.2. The number of nitrogens with one attached hydrogen (secondary N) is 1. The van der Waals surface area contributed by atoms with E-state index in [-0.39, 0.29) is 11.9 Å². The fourth-order valence-corrected chi connectivity index (χ4v) is 4.40. The minimum Gasteiger partial charge on any atom is -0.337 e. The quantitative estimate of drug-likeness (QED) is 0.775. The van der Waals surface area contributed by atoms with Crippen molar-refractivity contribution in [2.45, 2.75) is 38.6 Å². The maximum Gasteiger partial charge on any atom is 0.246 e. The minimum atomic E-state index is 0.0908. The first-order valence-electron chi connectivity index (χ1n) is 11.0. The molecular weight excluding hydrogens is 374 g/mol. The standard InChI is InChI=1S/C24H33N5O/c1-17(2)18-7-9-19(10-8-18)29-22-11-13-25-21-16-28(15-12-20(26-29)24(21)22)23(30)6-5-14-27(3)4/h5-10,17,21,25H,11-16H2,1-4H3/b6-5+/t21-/m1/s1. The molecule has 2 aliphatic heterocycles. The summed E-state index contributed by atoms with van der Waals surface area (Å²) in [7, 11) is 4.00. The molecule has 0 saturated heterocycles. The van der Waals surface area contributed by atoms with Crippen LogP contribution >= 0.6 is 0 Å². The molecule has 4 rings (SSSR count). The number of carbonyl (C=O) groups excluding carboxylic acids is 1. The highest BCUT2D eigenvalue weighted by Crippen LogP contribution is 2.32. The third kappa shape index (κ3) is 4.20. The van der Waals surface area contributed by atoms with E-state index in [4.69, 9.17) is 5.10 Å². The summed E-state index contributed by atoms with van der Waals surface area (Å²) in [5.41, 5.74) is 6.20. The second kappa shape index (κ2) is 8.74. The van der Waals surface area contributed by atoms with Gasteiger partial charge < -0.3 is 15.1 Å². The molecule has 0 bridgehead atoms. The van der Waals surface area contributed by atoms with Crippen molar-refractivity contribution in [3.05, 3.63) is 58.9 Å². The van der Waals surface area contributed by atoms with Crippen LogP contribution in [0.3, 0.4) is 0 Å². The Morgan fingerprint density at radius 3 is 2.73 bits per heavy atom. The zero-order valence-electron chi connectivity index (χ0n) is 18.6. The number of benzene rings is 1. The SMILES string of the molecule is CC(C)c1ccc(-n2nc3c4c2CCN[C@@H]4CN(C(=O)/C=C/CN(C)C)CC3)cc1. The van der Waals surface area contributed by atoms with Crippen LogP contribution in [0, 0.1) is 0 Å². The summed E-state index contributed by atoms with van der Waals surface area (Å²) >= 11 is 0. The molecule has 0 radical (unpaired) electrons. The highest BCUT2D eigenvalue weighted by molar-refractivity contribution is 5.87. The van der Waals surface area contributed by atoms with Crippen LogP contribution < -0.4 is 5.32 Å². The maximum absolute atomic E-state index is 12.7. The normalized spacial score (nSPS) is 18.9. The van der Waals surface area contributed by atoms with Crippen molar-refractivity contribution < 1.29 is 4.79 Å². The first-order chi connectivity index (χ1) is 14.4. The van der Waals surface area contributed by atoms with Crippen LogP contribution in [0.25, 0.3) is 5.69 Å². The summed E-state index contributed by atoms with van der Waals surface area (Å²) in [5, 5.41) is 8.64. The molecule has 0 spiro atoms. The van der Waals surface area contributed by atoms with Crippen molar-refractivity contribution in [2.75, 3.05) is 40.3 Å². The summed E-state index contributed by atoms with van der Waals surface area (Å²) in [6, 6.07) is 8.93. The van der Waals surface area contributed by atoms with Crippen LogP contribution in [0.15, 0.2) is 36.4 Å². The molecule has 6 heteroatoms. The predicted molar refractivity (Wildman–Crippen MR) is 120 cm³/mol. The molecule has 160 valence electrons. The van der Waals surface area contributed by atoms with E-state index in [1.807, 2.05) is 30.0 Å². The van der Waals surface area contributed by atoms with Gasteiger partial charge in [0.05, 0.1) is 23.1 Å². The molecule has 1 aromatic heterocycles. The summed E-state index contributed by atoms with van der Waals surface area (Å²) in [5.74, 6) is 0.615. The van der Waals surface area contributed by atoms with Gasteiger partial charge in [0, 0.05) is 50.7 Å². The van der Waals surface area contributed by atoms with Gasteiger partial charge in [-0.25, -0.2) is 4.68 Å². The monoisotopic (exact) mass is 407 g/mol. The maximum atomic E-state index is 12.7. The van der Waals surface area contributed by atoms with Gasteiger partial charge in [0.15, 0.2) is 0 Å². The summed E-state index contributed by atoms with van der Waals surface area (Å²) in [6.07, 6.45) is 5.41. The van der Waals surface area contributed by atoms with E-state index in [1.54, 1.807) is 6.08 Å². The van der Waals surface area contributed by atoms with E-state index in [9.17, 15) is 4.79 Å². The van der Waals surface area contributed by atoms with Crippen molar-refractivity contribution in [3.63, 3.8) is 0 Å². The Kier molecular flexibility index (Phi) is 6.06. The van der Waals surface area contributed by atoms with E-state index >= 15 is 0 Å². The first kappa shape index (κ1) is 20.8. The van der Waals surface area contributed by atoms with Gasteiger partial charge in [-0.2, -0.15) is 5.10 Å². The van der Waals surface area contributed by atoms with Gasteiger partial charge in [0.1, 0.15) is 0 Å². The lowest BCUT2D eigenvalue weighted by atomic mass is 9.98. The van der Waals surface area contributed by atoms with Crippen molar-refractivity contribution in [1.82, 2.24) is 24.9 Å². The number of rotatable bonds is 5. The topological polar surface area (TPSA) is 53.4 Å². The largest absolute Gasteiger partial charge is 0.337 e. The molecule has 0 aliphatic carbocycles. The van der Waals surface area contributed by atoms with Gasteiger partial charge in [-0.15, -0.1) is 0 Å². The molecule has 1 aromatic carbocycles. The average Bonchev–Trinajstić information content (AvgIpc) is 2.99. The van der Waals surface area contributed by atoms with Crippen molar-refractivity contribution in [3.8, 4) is 5.69 Å². The minimum absolute atomic E-state index is 0.0908. The molecule has 0 fully saturated rings. The van der Waals surface area contributed by atoms with Gasteiger partial charge in [-0.1, -0.05) is 32.1 Å². The Hall–Kier alpha value is -2.44. The molecule has 1 atom stereocenters. The Morgan fingerprint density at radius 1 is 1.27 bits per heavy atom. The van der Waals surface area contributed by atoms with Gasteiger partial charge in [-0.05, 0) is 37.7 Å². The molecule has 1 N–H and O–H groups in total. The van der Waals surface area contributed by atoms with E-state index < -0.39 is 0 Å². The zero-order valence-corrected chi connectivity index (χ0v) is 18.6. The van der Waals surface area contributed by atoms with E-state index in [0.717, 1.165) is 37.3 Å². The summed E-state index contributed by atoms with van der Waals surface area (Å²) in [4.78, 5) is 16.7. The van der Waals surface area contributed by atoms with Crippen LogP contribution in [0.2, 0.25) is 0 Å². The van der Waals surface area contributed by atoms with Crippen LogP contribution in [0.5, 0.6) is 0 Å². The Bertz CT molecular complexity index is 926. The molecule has 0 unspecified atom stereocenters. The number of likely N-dealkylation sites (N-methyl/N-ethyl adjacent to an activating group) is 1. The third-order valence-electron chi connectivity index (χ3n) is 6.07. The molecule has 2 aromatic rings. The van der Waals surface area contributed by atoms with Gasteiger partial charge in [0.25, 0.3) is 0 Å². The summed E-state index contributed by atoms with van der Waals surface area (Å²) in [6.45, 7) is 7.52. The summed E-state index contributed by atoms with van der Waals surface area (Å²) < 4.78 is 2.14. The van der Waals surface area contributed by atoms with Crippen LogP contribution in [-0.2, 0) is 17.6 Å². The number of carbonyl (C=O) groups is 1. The van der Waals surface area contributed by atoms with Gasteiger partial charge >= 0.3 is 0 Å². The van der Waals surface area contributed by atoms with Crippen LogP contribution in [-0.4, -0.2) is 65.8 Å². The lowest BCUT2D eigenvalue weighted by molar-refractivity contribution is -0.126. The highest BCUT2D eigenvalue weighted by Gasteiger charge is 2.33. The van der Waals surface area contributed by atoms with Crippen molar-refractivity contribution in [2.24, 2.45) is 0 Å². The third-order valence-corrected chi connectivity index (χ3v) is 6.07. The van der Waals surface area contributed by atoms with Crippen LogP contribution in [0.4, 0.5) is 0 Å². The van der Waals surface area contributed by atoms with Crippen molar-refractivity contribution in [1.29, 1.82) is 0 Å². The second-order valence-electron chi connectivity index (χ2n) is 8.92. The lowest BCUT2D eigenvalue weighted by Gasteiger charge is -2.28. The smallest absolute Gasteiger partial charge is 0.246 e. The van der Waals surface area contributed by atoms with Gasteiger partial charge in [-0.3, -0.25) is 4.79 Å². The Balaban J connectivity index is 1.58. The number of hydrogen-bond acceptors (Lipinski definition) is 4. The molecule has 0 saturated carbocycles. The van der Waals surface area contributed by atoms with Crippen LogP contribution in [0.1, 0.15) is 48.3 Å². The number of hydrogen-bond donors (Lipinski definition) is 1. The van der Waals surface area contributed by atoms with E-state index in [0.29, 0.717) is 19.0 Å². The molecule has 1 amide bonds. The Labute approximate surface area is 179 Å². The Morgan fingerprint density at radius 2 is 2.03 bits per heavy atom. The fraction of sp³-hybridized carbons (Fsp3) is 0.500. The molecule has 2 aliphatic rings. The molecule has 30 heavy (non-hydrogen) atoms. The molecular formula is C24H33N5O. The van der Waals surface area contributed by atoms with Gasteiger partial charge in [0.2, 0.25) is 5.91 Å². The predicted octanol–water partition coefficient (Wildman–Crippen LogP) is 2.69. The zero-order chi connectivity index (χ0) is 21.3. The average molecular weight is 408 g/mol. The molecule has 6 nitrogen and oxygen atoms in total. The number of aromatic nitrogens is 2. The molecule has 3 heterocycles. The first-order valence-corrected chi connectivity index (χ1v) is 11.0. The lowest BCUT2D eigenvalue weighted by Crippen LogP contribution is -2.40.